The first kappa shape index (κ1) is 51.1. The second-order valence-corrected chi connectivity index (χ2v) is 23.6. The van der Waals surface area contributed by atoms with Gasteiger partial charge in [-0.25, -0.2) is 9.79 Å². The Hall–Kier alpha value is 2.11. The molecular weight excluding hydrogens is 889 g/mol. The van der Waals surface area contributed by atoms with Crippen molar-refractivity contribution in [3.8, 4) is 0 Å². The Morgan fingerprint density at radius 2 is 1.24 bits per heavy atom. The van der Waals surface area contributed by atoms with Crippen LogP contribution < -0.4 is 10.6 Å². The van der Waals surface area contributed by atoms with E-state index in [4.69, 9.17) is 24.7 Å². The molecule has 0 heterocycles. The van der Waals surface area contributed by atoms with Gasteiger partial charge in [-0.3, -0.25) is 14.0 Å². The molecule has 4 N–H and O–H groups in total. The molecule has 1 unspecified atom stereocenters. The Morgan fingerprint density at radius 3 is 1.94 bits per heavy atom. The standard InChI is InChI=1S/C24H46N4O8S13/c29-1-3-37-5-6-48-24(32)28-13-42-20-45-17-39-10-25-9-35-36-16-44-22-47-21-43-15-34-23(31)27-12-41-19-46-18-40-11-26-14-49(33)8-7-38-4-2-30/h9,14,29-30H,1-8,10-13,15-22H2,(H,27,31)(H,28,32)/b25-9+,26-14-. The van der Waals surface area contributed by atoms with Crippen molar-refractivity contribution in [2.24, 2.45) is 9.98 Å². The van der Waals surface area contributed by atoms with Gasteiger partial charge in [-0.05, 0) is 0 Å². The zero-order chi connectivity index (χ0) is 35.7. The van der Waals surface area contributed by atoms with Gasteiger partial charge in [-0.15, -0.1) is 106 Å². The number of hydrogen-bond acceptors (Lipinski definition) is 22. The van der Waals surface area contributed by atoms with E-state index in [1.165, 1.54) is 35.5 Å². The molecule has 0 aliphatic heterocycles. The summed E-state index contributed by atoms with van der Waals surface area (Å²) >= 11 is 19.4. The third-order valence-electron chi connectivity index (χ3n) is 4.11. The summed E-state index contributed by atoms with van der Waals surface area (Å²) in [6, 6.07) is 0. The number of amides is 2. The minimum absolute atomic E-state index is 0.00405. The van der Waals surface area contributed by atoms with Gasteiger partial charge in [0.05, 0.1) is 53.1 Å². The number of rotatable bonds is 37. The molecule has 0 aliphatic rings. The molecule has 49 heavy (non-hydrogen) atoms. The van der Waals surface area contributed by atoms with Crippen LogP contribution in [0.25, 0.3) is 0 Å². The van der Waals surface area contributed by atoms with E-state index in [1.807, 2.05) is 0 Å². The zero-order valence-corrected chi connectivity index (χ0v) is 37.5. The third-order valence-corrected chi connectivity index (χ3v) is 18.3. The molecule has 288 valence electrons. The van der Waals surface area contributed by atoms with Gasteiger partial charge in [-0.2, -0.15) is 28.4 Å². The first-order valence-electron chi connectivity index (χ1n) is 14.1. The largest absolute Gasteiger partial charge is 0.438 e. The quantitative estimate of drug-likeness (QED) is 0.0134. The highest BCUT2D eigenvalue weighted by atomic mass is 32.2. The number of hydrogen-bond donors (Lipinski definition) is 4. The number of carbonyl (C=O) groups is 2. The highest BCUT2D eigenvalue weighted by Gasteiger charge is 2.03. The van der Waals surface area contributed by atoms with E-state index in [1.54, 1.807) is 118 Å². The van der Waals surface area contributed by atoms with Gasteiger partial charge in [-0.1, -0.05) is 11.8 Å². The number of aliphatic hydroxyl groups is 2. The van der Waals surface area contributed by atoms with Gasteiger partial charge < -0.3 is 30.5 Å². The minimum Gasteiger partial charge on any atom is -0.438 e. The molecule has 0 saturated carbocycles. The highest BCUT2D eigenvalue weighted by Crippen LogP contribution is 2.20. The Kier molecular flexibility index (Phi) is 46.4. The number of ether oxygens (including phenoxy) is 1. The van der Waals surface area contributed by atoms with Crippen molar-refractivity contribution < 1.29 is 38.5 Å². The lowest BCUT2D eigenvalue weighted by Crippen LogP contribution is -2.23. The first-order chi connectivity index (χ1) is 24.1. The topological polar surface area (TPSA) is 168 Å². The average Bonchev–Trinajstić information content (AvgIpc) is 3.10. The molecule has 1 atom stereocenters. The lowest BCUT2D eigenvalue weighted by molar-refractivity contribution is -0.196. The lowest BCUT2D eigenvalue weighted by atomic mass is 10.9. The van der Waals surface area contributed by atoms with Crippen LogP contribution >= 0.6 is 141 Å². The summed E-state index contributed by atoms with van der Waals surface area (Å²) in [6.07, 6.45) is 0.883. The maximum absolute atomic E-state index is 11.8. The smallest absolute Gasteiger partial charge is 0.408 e. The van der Waals surface area contributed by atoms with E-state index in [0.29, 0.717) is 52.6 Å². The fourth-order valence-corrected chi connectivity index (χ4v) is 14.1. The molecule has 0 aromatic rings. The Balaban J connectivity index is 3.30. The normalized spacial score (nSPS) is 12.1. The van der Waals surface area contributed by atoms with Gasteiger partial charge in [0, 0.05) is 65.0 Å². The predicted molar refractivity (Wildman–Crippen MR) is 238 cm³/mol. The molecule has 0 radical (unpaired) electrons. The van der Waals surface area contributed by atoms with Gasteiger partial charge in [0.15, 0.2) is 0 Å². The van der Waals surface area contributed by atoms with Crippen molar-refractivity contribution in [2.75, 3.05) is 114 Å². The molecule has 0 aromatic heterocycles. The maximum atomic E-state index is 11.8. The number of carbonyl (C=O) groups excluding carboxylic acids is 2. The van der Waals surface area contributed by atoms with Crippen LogP contribution in [0.2, 0.25) is 0 Å². The number of aliphatic imine (C=N–C) groups is 2. The second kappa shape index (κ2) is 44.5. The fourth-order valence-electron chi connectivity index (χ4n) is 2.19. The molecule has 2 amide bonds. The molecule has 0 fully saturated rings. The highest BCUT2D eigenvalue weighted by molar-refractivity contribution is 8.23. The van der Waals surface area contributed by atoms with Crippen molar-refractivity contribution in [3.63, 3.8) is 0 Å². The Labute approximate surface area is 344 Å². The average molecular weight is 936 g/mol. The monoisotopic (exact) mass is 934 g/mol. The van der Waals surface area contributed by atoms with Crippen LogP contribution in [-0.4, -0.2) is 151 Å². The van der Waals surface area contributed by atoms with E-state index in [9.17, 15) is 13.8 Å². The van der Waals surface area contributed by atoms with Crippen LogP contribution in [0.5, 0.6) is 0 Å². The summed E-state index contributed by atoms with van der Waals surface area (Å²) in [5.41, 5.74) is 1.51. The van der Waals surface area contributed by atoms with E-state index in [-0.39, 0.29) is 18.5 Å². The van der Waals surface area contributed by atoms with E-state index >= 15 is 0 Å². The number of aliphatic hydroxyl groups excluding tert-OH is 2. The summed E-state index contributed by atoms with van der Waals surface area (Å²) in [7, 11) is -1.05. The van der Waals surface area contributed by atoms with Crippen molar-refractivity contribution in [1.82, 2.24) is 10.6 Å². The van der Waals surface area contributed by atoms with E-state index in [2.05, 4.69) is 20.6 Å². The summed E-state index contributed by atoms with van der Waals surface area (Å²) in [6.45, 7) is 0.323. The number of nitrogens with zero attached hydrogens (tertiary/aromatic N) is 2. The molecule has 25 heteroatoms. The summed E-state index contributed by atoms with van der Waals surface area (Å²) in [5.74, 6) is 7.23. The number of thioether (sulfide) groups is 12. The van der Waals surface area contributed by atoms with Gasteiger partial charge in [0.25, 0.3) is 5.24 Å². The van der Waals surface area contributed by atoms with Crippen LogP contribution in [0.1, 0.15) is 0 Å². The van der Waals surface area contributed by atoms with Crippen LogP contribution in [0.15, 0.2) is 9.98 Å². The molecular formula is C24H46N4O8S13. The lowest BCUT2D eigenvalue weighted by Gasteiger charge is -2.06. The summed E-state index contributed by atoms with van der Waals surface area (Å²) in [4.78, 5) is 41.7. The zero-order valence-electron chi connectivity index (χ0n) is 26.8. The molecule has 0 aromatic carbocycles. The summed E-state index contributed by atoms with van der Waals surface area (Å²) in [5, 5.41) is 28.1. The molecule has 0 bridgehead atoms. The third kappa shape index (κ3) is 44.4. The van der Waals surface area contributed by atoms with E-state index < -0.39 is 16.9 Å². The van der Waals surface area contributed by atoms with Gasteiger partial charge in [0.2, 0.25) is 6.40 Å². The van der Waals surface area contributed by atoms with Crippen molar-refractivity contribution in [3.05, 3.63) is 0 Å². The Bertz CT molecular complexity index is 848. The van der Waals surface area contributed by atoms with Crippen LogP contribution in [0.4, 0.5) is 9.59 Å². The predicted octanol–water partition coefficient (Wildman–Crippen LogP) is 6.45. The SMILES string of the molecule is O=C(NCSCSCSC/N=C\S(=O)CCSCCO)OCSCSCSCOO/C=N/CSCSCSCNC(=O)SCCSCCO. The van der Waals surface area contributed by atoms with Crippen LogP contribution in [0.3, 0.4) is 0 Å². The van der Waals surface area contributed by atoms with Gasteiger partial charge >= 0.3 is 6.09 Å². The first-order valence-corrected chi connectivity index (χ1v) is 29.2. The van der Waals surface area contributed by atoms with Gasteiger partial charge in [0.1, 0.15) is 11.9 Å². The second-order valence-electron chi connectivity index (χ2n) is 7.79. The Morgan fingerprint density at radius 1 is 0.653 bits per heavy atom. The molecule has 0 aliphatic carbocycles. The number of nitrogens with one attached hydrogen (secondary N) is 2. The van der Waals surface area contributed by atoms with Crippen molar-refractivity contribution in [2.45, 2.75) is 0 Å². The summed E-state index contributed by atoms with van der Waals surface area (Å²) < 4.78 is 16.9. The molecule has 0 saturated heterocycles. The molecule has 0 spiro atoms. The minimum atomic E-state index is -1.05. The maximum Gasteiger partial charge on any atom is 0.408 e. The molecule has 0 rings (SSSR count). The number of alkyl carbamates (subject to hydrolysis) is 1. The van der Waals surface area contributed by atoms with E-state index in [0.717, 1.165) is 47.8 Å². The fraction of sp³-hybridized carbons (Fsp3) is 0.833. The van der Waals surface area contributed by atoms with Crippen LogP contribution in [-0.2, 0) is 25.3 Å². The van der Waals surface area contributed by atoms with Crippen molar-refractivity contribution in [1.29, 1.82) is 0 Å². The van der Waals surface area contributed by atoms with Crippen LogP contribution in [0, 0.1) is 0 Å². The molecule has 12 nitrogen and oxygen atoms in total. The van der Waals surface area contributed by atoms with Crippen molar-refractivity contribution >= 4 is 175 Å².